The summed E-state index contributed by atoms with van der Waals surface area (Å²) in [5.74, 6) is 1.06. The van der Waals surface area contributed by atoms with Crippen LogP contribution >= 0.6 is 0 Å². The van der Waals surface area contributed by atoms with Gasteiger partial charge >= 0.3 is 0 Å². The highest BCUT2D eigenvalue weighted by Crippen LogP contribution is 2.32. The van der Waals surface area contributed by atoms with Gasteiger partial charge in [0.05, 0.1) is 25.8 Å². The van der Waals surface area contributed by atoms with Gasteiger partial charge in [-0.3, -0.25) is 4.79 Å². The average molecular weight is 297 g/mol. The van der Waals surface area contributed by atoms with E-state index >= 15 is 0 Å². The van der Waals surface area contributed by atoms with Gasteiger partial charge in [-0.1, -0.05) is 24.3 Å². The molecule has 0 bridgehead atoms. The summed E-state index contributed by atoms with van der Waals surface area (Å²) in [6.07, 6.45) is 1.93. The van der Waals surface area contributed by atoms with E-state index in [0.29, 0.717) is 17.1 Å². The molecule has 1 aliphatic carbocycles. The first-order chi connectivity index (χ1) is 10.7. The summed E-state index contributed by atoms with van der Waals surface area (Å²) in [4.78, 5) is 12.6. The Labute approximate surface area is 130 Å². The van der Waals surface area contributed by atoms with Gasteiger partial charge in [-0.05, 0) is 36.1 Å². The first kappa shape index (κ1) is 14.4. The molecule has 0 heterocycles. The lowest BCUT2D eigenvalue weighted by Crippen LogP contribution is -2.27. The van der Waals surface area contributed by atoms with Crippen molar-refractivity contribution in [2.24, 2.45) is 0 Å². The quantitative estimate of drug-likeness (QED) is 0.943. The van der Waals surface area contributed by atoms with Crippen molar-refractivity contribution in [3.8, 4) is 11.5 Å². The standard InChI is InChI=1S/C18H19NO3/c1-21-13-8-9-15(17(11-13)22-2)18(20)19-16-10-7-12-5-3-4-6-14(12)16/h3-6,8-9,11,16H,7,10H2,1-2H3,(H,19,20)/t16-/m0/s1. The Morgan fingerprint density at radius 3 is 2.73 bits per heavy atom. The van der Waals surface area contributed by atoms with Crippen LogP contribution in [0.3, 0.4) is 0 Å². The van der Waals surface area contributed by atoms with Crippen LogP contribution in [-0.2, 0) is 6.42 Å². The van der Waals surface area contributed by atoms with Crippen molar-refractivity contribution in [3.63, 3.8) is 0 Å². The van der Waals surface area contributed by atoms with E-state index in [0.717, 1.165) is 12.8 Å². The van der Waals surface area contributed by atoms with Crippen LogP contribution in [0.2, 0.25) is 0 Å². The maximum absolute atomic E-state index is 12.6. The number of hydrogen-bond donors (Lipinski definition) is 1. The smallest absolute Gasteiger partial charge is 0.255 e. The van der Waals surface area contributed by atoms with Gasteiger partial charge in [-0.25, -0.2) is 0 Å². The maximum Gasteiger partial charge on any atom is 0.255 e. The molecule has 1 N–H and O–H groups in total. The van der Waals surface area contributed by atoms with Crippen molar-refractivity contribution in [3.05, 3.63) is 59.2 Å². The summed E-state index contributed by atoms with van der Waals surface area (Å²) < 4.78 is 10.5. The van der Waals surface area contributed by atoms with Crippen LogP contribution in [0.1, 0.15) is 33.9 Å². The molecule has 4 nitrogen and oxygen atoms in total. The predicted molar refractivity (Wildman–Crippen MR) is 84.5 cm³/mol. The number of carbonyl (C=O) groups excluding carboxylic acids is 1. The fourth-order valence-electron chi connectivity index (χ4n) is 2.93. The lowest BCUT2D eigenvalue weighted by atomic mass is 10.1. The minimum atomic E-state index is -0.124. The van der Waals surface area contributed by atoms with Crippen LogP contribution in [-0.4, -0.2) is 20.1 Å². The molecule has 2 aromatic rings. The molecule has 0 fully saturated rings. The molecule has 1 amide bonds. The highest BCUT2D eigenvalue weighted by Gasteiger charge is 2.24. The first-order valence-corrected chi connectivity index (χ1v) is 7.33. The summed E-state index contributed by atoms with van der Waals surface area (Å²) in [7, 11) is 3.14. The molecule has 0 aliphatic heterocycles. The highest BCUT2D eigenvalue weighted by molar-refractivity contribution is 5.97. The number of nitrogens with one attached hydrogen (secondary N) is 1. The predicted octanol–water partition coefficient (Wildman–Crippen LogP) is 3.12. The fraction of sp³-hybridized carbons (Fsp3) is 0.278. The van der Waals surface area contributed by atoms with Crippen LogP contribution in [0.5, 0.6) is 11.5 Å². The van der Waals surface area contributed by atoms with Crippen LogP contribution in [0, 0.1) is 0 Å². The molecule has 1 aliphatic rings. The van der Waals surface area contributed by atoms with E-state index in [1.54, 1.807) is 32.4 Å². The second kappa shape index (κ2) is 6.10. The number of methoxy groups -OCH3 is 2. The largest absolute Gasteiger partial charge is 0.497 e. The minimum Gasteiger partial charge on any atom is -0.497 e. The summed E-state index contributed by atoms with van der Waals surface area (Å²) in [5, 5.41) is 3.10. The normalized spacial score (nSPS) is 16.0. The van der Waals surface area contributed by atoms with Gasteiger partial charge in [0.15, 0.2) is 0 Å². The SMILES string of the molecule is COc1ccc(C(=O)N[C@H]2CCc3ccccc32)c(OC)c1. The number of amides is 1. The molecule has 0 spiro atoms. The van der Waals surface area contributed by atoms with Crippen molar-refractivity contribution >= 4 is 5.91 Å². The Morgan fingerprint density at radius 2 is 1.95 bits per heavy atom. The Bertz CT molecular complexity index is 696. The second-order valence-electron chi connectivity index (χ2n) is 5.33. The second-order valence-corrected chi connectivity index (χ2v) is 5.33. The van der Waals surface area contributed by atoms with Gasteiger partial charge < -0.3 is 14.8 Å². The van der Waals surface area contributed by atoms with Crippen molar-refractivity contribution in [2.45, 2.75) is 18.9 Å². The van der Waals surface area contributed by atoms with Crippen molar-refractivity contribution < 1.29 is 14.3 Å². The summed E-state index contributed by atoms with van der Waals surface area (Å²) >= 11 is 0. The first-order valence-electron chi connectivity index (χ1n) is 7.33. The number of fused-ring (bicyclic) bond motifs is 1. The Kier molecular flexibility index (Phi) is 4.00. The van der Waals surface area contributed by atoms with Gasteiger partial charge in [-0.2, -0.15) is 0 Å². The average Bonchev–Trinajstić information content (AvgIpc) is 2.97. The zero-order valence-electron chi connectivity index (χ0n) is 12.8. The van der Waals surface area contributed by atoms with E-state index in [1.165, 1.54) is 11.1 Å². The summed E-state index contributed by atoms with van der Waals surface area (Å²) in [6.45, 7) is 0. The molecule has 0 radical (unpaired) electrons. The molecule has 0 saturated carbocycles. The molecule has 0 unspecified atom stereocenters. The van der Waals surface area contributed by atoms with E-state index < -0.39 is 0 Å². The van der Waals surface area contributed by atoms with Gasteiger partial charge in [0, 0.05) is 6.07 Å². The molecular weight excluding hydrogens is 278 g/mol. The third-order valence-corrected chi connectivity index (χ3v) is 4.09. The van der Waals surface area contributed by atoms with Crippen molar-refractivity contribution in [2.75, 3.05) is 14.2 Å². The summed E-state index contributed by atoms with van der Waals surface area (Å²) in [6, 6.07) is 13.5. The lowest BCUT2D eigenvalue weighted by molar-refractivity contribution is 0.0933. The van der Waals surface area contributed by atoms with Crippen LogP contribution in [0.15, 0.2) is 42.5 Å². The van der Waals surface area contributed by atoms with Crippen molar-refractivity contribution in [1.29, 1.82) is 0 Å². The lowest BCUT2D eigenvalue weighted by Gasteiger charge is -2.16. The number of carbonyl (C=O) groups is 1. The van der Waals surface area contributed by atoms with E-state index in [2.05, 4.69) is 17.4 Å². The number of rotatable bonds is 4. The fourth-order valence-corrected chi connectivity index (χ4v) is 2.93. The zero-order chi connectivity index (χ0) is 15.5. The Hall–Kier alpha value is -2.49. The van der Waals surface area contributed by atoms with E-state index in [1.807, 2.05) is 12.1 Å². The number of benzene rings is 2. The zero-order valence-corrected chi connectivity index (χ0v) is 12.8. The molecule has 114 valence electrons. The van der Waals surface area contributed by atoms with Crippen molar-refractivity contribution in [1.82, 2.24) is 5.32 Å². The third-order valence-electron chi connectivity index (χ3n) is 4.09. The molecule has 4 heteroatoms. The monoisotopic (exact) mass is 297 g/mol. The molecule has 22 heavy (non-hydrogen) atoms. The minimum absolute atomic E-state index is 0.0653. The molecule has 3 rings (SSSR count). The van der Waals surface area contributed by atoms with Crippen LogP contribution in [0.25, 0.3) is 0 Å². The Balaban J connectivity index is 1.81. The number of hydrogen-bond acceptors (Lipinski definition) is 3. The maximum atomic E-state index is 12.6. The van der Waals surface area contributed by atoms with Crippen LogP contribution < -0.4 is 14.8 Å². The topological polar surface area (TPSA) is 47.6 Å². The molecule has 0 aromatic heterocycles. The van der Waals surface area contributed by atoms with Gasteiger partial charge in [0.1, 0.15) is 11.5 Å². The number of ether oxygens (including phenoxy) is 2. The molecular formula is C18H19NO3. The summed E-state index contributed by atoms with van der Waals surface area (Å²) in [5.41, 5.74) is 3.05. The van der Waals surface area contributed by atoms with E-state index in [-0.39, 0.29) is 11.9 Å². The van der Waals surface area contributed by atoms with Crippen LogP contribution in [0.4, 0.5) is 0 Å². The third kappa shape index (κ3) is 2.64. The highest BCUT2D eigenvalue weighted by atomic mass is 16.5. The number of aryl methyl sites for hydroxylation is 1. The molecule has 0 saturated heterocycles. The molecule has 2 aromatic carbocycles. The van der Waals surface area contributed by atoms with Gasteiger partial charge in [0.25, 0.3) is 5.91 Å². The van der Waals surface area contributed by atoms with Gasteiger partial charge in [0.2, 0.25) is 0 Å². The van der Waals surface area contributed by atoms with E-state index in [9.17, 15) is 4.79 Å². The van der Waals surface area contributed by atoms with Gasteiger partial charge in [-0.15, -0.1) is 0 Å². The Morgan fingerprint density at radius 1 is 1.14 bits per heavy atom. The van der Waals surface area contributed by atoms with E-state index in [4.69, 9.17) is 9.47 Å². The molecule has 1 atom stereocenters.